The second kappa shape index (κ2) is 5.84. The van der Waals surface area contributed by atoms with Gasteiger partial charge in [-0.15, -0.1) is 0 Å². The Balaban J connectivity index is 2.71. The van der Waals surface area contributed by atoms with E-state index in [4.69, 9.17) is 10.3 Å². The zero-order valence-corrected chi connectivity index (χ0v) is 10.9. The minimum Gasteiger partial charge on any atom is -0.465 e. The Bertz CT molecular complexity index is 374. The molecule has 96 valence electrons. The van der Waals surface area contributed by atoms with Crippen LogP contribution in [-0.2, 0) is 11.3 Å². The van der Waals surface area contributed by atoms with Gasteiger partial charge < -0.3 is 4.42 Å². The van der Waals surface area contributed by atoms with Crippen molar-refractivity contribution in [3.63, 3.8) is 0 Å². The lowest BCUT2D eigenvalue weighted by Crippen LogP contribution is -2.50. The monoisotopic (exact) mass is 239 g/mol. The van der Waals surface area contributed by atoms with Crippen LogP contribution in [0, 0.1) is 12.8 Å². The Hall–Kier alpha value is -1.33. The lowest BCUT2D eigenvalue weighted by Gasteiger charge is -2.28. The Morgan fingerprint density at radius 3 is 2.59 bits per heavy atom. The maximum absolute atomic E-state index is 11.7. The van der Waals surface area contributed by atoms with Gasteiger partial charge in [-0.2, -0.15) is 0 Å². The van der Waals surface area contributed by atoms with E-state index in [9.17, 15) is 4.79 Å². The first-order chi connectivity index (χ1) is 7.95. The number of nitrogens with one attached hydrogen (secondary N) is 1. The summed E-state index contributed by atoms with van der Waals surface area (Å²) in [5.74, 6) is 6.92. The fourth-order valence-corrected chi connectivity index (χ4v) is 2.01. The first kappa shape index (κ1) is 13.7. The van der Waals surface area contributed by atoms with E-state index in [1.54, 1.807) is 0 Å². The van der Waals surface area contributed by atoms with Crippen LogP contribution in [-0.4, -0.2) is 23.9 Å². The van der Waals surface area contributed by atoms with Crippen molar-refractivity contribution in [2.24, 2.45) is 11.8 Å². The average Bonchev–Trinajstić information content (AvgIpc) is 2.63. The van der Waals surface area contributed by atoms with Gasteiger partial charge in [0.1, 0.15) is 11.5 Å². The van der Waals surface area contributed by atoms with Crippen molar-refractivity contribution in [1.29, 1.82) is 0 Å². The molecule has 1 rings (SSSR count). The van der Waals surface area contributed by atoms with Crippen LogP contribution < -0.4 is 11.3 Å². The van der Waals surface area contributed by atoms with Crippen molar-refractivity contribution >= 4 is 5.91 Å². The fraction of sp³-hybridized carbons (Fsp3) is 0.583. The number of nitrogens with two attached hydrogens (primary N) is 1. The number of hydrogen-bond acceptors (Lipinski definition) is 4. The molecule has 0 fully saturated rings. The van der Waals surface area contributed by atoms with Gasteiger partial charge in [-0.3, -0.25) is 15.1 Å². The number of carbonyl (C=O) groups is 1. The second-order valence-electron chi connectivity index (χ2n) is 4.62. The maximum atomic E-state index is 11.7. The summed E-state index contributed by atoms with van der Waals surface area (Å²) in [6, 6.07) is 3.57. The Morgan fingerprint density at radius 2 is 2.18 bits per heavy atom. The molecule has 1 aromatic heterocycles. The van der Waals surface area contributed by atoms with Crippen LogP contribution >= 0.6 is 0 Å². The van der Waals surface area contributed by atoms with Crippen molar-refractivity contribution in [1.82, 2.24) is 10.3 Å². The number of aryl methyl sites for hydroxylation is 1. The summed E-state index contributed by atoms with van der Waals surface area (Å²) in [4.78, 5) is 13.6. The third-order valence-electron chi connectivity index (χ3n) is 2.72. The van der Waals surface area contributed by atoms with E-state index in [0.717, 1.165) is 11.5 Å². The van der Waals surface area contributed by atoms with Crippen LogP contribution in [0.5, 0.6) is 0 Å². The van der Waals surface area contributed by atoms with Gasteiger partial charge in [0, 0.05) is 0 Å². The molecule has 0 saturated carbocycles. The van der Waals surface area contributed by atoms with Crippen LogP contribution in [0.2, 0.25) is 0 Å². The molecule has 1 heterocycles. The summed E-state index contributed by atoms with van der Waals surface area (Å²) in [6.45, 7) is 6.47. The van der Waals surface area contributed by atoms with Crippen molar-refractivity contribution in [3.05, 3.63) is 23.7 Å². The zero-order valence-electron chi connectivity index (χ0n) is 10.9. The number of amides is 1. The van der Waals surface area contributed by atoms with Crippen molar-refractivity contribution in [2.75, 3.05) is 7.05 Å². The summed E-state index contributed by atoms with van der Waals surface area (Å²) in [6.07, 6.45) is 0. The Labute approximate surface area is 102 Å². The van der Waals surface area contributed by atoms with E-state index < -0.39 is 0 Å². The third-order valence-corrected chi connectivity index (χ3v) is 2.72. The molecule has 0 aliphatic heterocycles. The number of likely N-dealkylation sites (N-methyl/N-ethyl adjacent to an activating group) is 1. The zero-order chi connectivity index (χ0) is 13.0. The van der Waals surface area contributed by atoms with Crippen molar-refractivity contribution < 1.29 is 9.21 Å². The topological polar surface area (TPSA) is 71.5 Å². The number of rotatable bonds is 5. The molecule has 3 N–H and O–H groups in total. The molecular weight excluding hydrogens is 218 g/mol. The molecule has 5 nitrogen and oxygen atoms in total. The van der Waals surface area contributed by atoms with Crippen LogP contribution in [0.3, 0.4) is 0 Å². The highest BCUT2D eigenvalue weighted by molar-refractivity contribution is 5.81. The quantitative estimate of drug-likeness (QED) is 0.457. The largest absolute Gasteiger partial charge is 0.465 e. The van der Waals surface area contributed by atoms with Gasteiger partial charge in [0.2, 0.25) is 0 Å². The van der Waals surface area contributed by atoms with E-state index in [0.29, 0.717) is 6.54 Å². The number of hydrazine groups is 1. The van der Waals surface area contributed by atoms with Gasteiger partial charge in [-0.25, -0.2) is 5.84 Å². The minimum absolute atomic E-state index is 0.175. The minimum atomic E-state index is -0.259. The van der Waals surface area contributed by atoms with Crippen LogP contribution in [0.1, 0.15) is 25.4 Å². The first-order valence-electron chi connectivity index (χ1n) is 5.71. The molecular formula is C12H21N3O2. The molecule has 0 saturated heterocycles. The molecule has 1 atom stereocenters. The van der Waals surface area contributed by atoms with Gasteiger partial charge >= 0.3 is 0 Å². The highest BCUT2D eigenvalue weighted by atomic mass is 16.3. The van der Waals surface area contributed by atoms with Gasteiger partial charge in [-0.05, 0) is 32.0 Å². The van der Waals surface area contributed by atoms with Crippen LogP contribution in [0.25, 0.3) is 0 Å². The predicted molar refractivity (Wildman–Crippen MR) is 65.9 cm³/mol. The summed E-state index contributed by atoms with van der Waals surface area (Å²) in [5, 5.41) is 0. The van der Waals surface area contributed by atoms with Gasteiger partial charge in [0.25, 0.3) is 5.91 Å². The van der Waals surface area contributed by atoms with E-state index in [-0.39, 0.29) is 17.9 Å². The Morgan fingerprint density at radius 1 is 1.53 bits per heavy atom. The highest BCUT2D eigenvalue weighted by Gasteiger charge is 2.26. The molecule has 1 unspecified atom stereocenters. The predicted octanol–water partition coefficient (Wildman–Crippen LogP) is 1.03. The normalized spacial score (nSPS) is 13.1. The lowest BCUT2D eigenvalue weighted by atomic mass is 10.0. The Kier molecular flexibility index (Phi) is 4.72. The van der Waals surface area contributed by atoms with Gasteiger partial charge in [0.05, 0.1) is 12.6 Å². The maximum Gasteiger partial charge on any atom is 0.251 e. The first-order valence-corrected chi connectivity index (χ1v) is 5.71. The summed E-state index contributed by atoms with van der Waals surface area (Å²) in [5.41, 5.74) is 2.21. The summed E-state index contributed by atoms with van der Waals surface area (Å²) in [7, 11) is 1.89. The van der Waals surface area contributed by atoms with Gasteiger partial charge in [0.15, 0.2) is 0 Å². The van der Waals surface area contributed by atoms with Crippen LogP contribution in [0.15, 0.2) is 16.5 Å². The smallest absolute Gasteiger partial charge is 0.251 e. The van der Waals surface area contributed by atoms with E-state index in [1.807, 2.05) is 44.9 Å². The molecule has 1 amide bonds. The molecule has 0 aliphatic carbocycles. The van der Waals surface area contributed by atoms with Crippen LogP contribution in [0.4, 0.5) is 0 Å². The van der Waals surface area contributed by atoms with E-state index in [1.165, 1.54) is 0 Å². The number of nitrogens with zero attached hydrogens (tertiary/aromatic N) is 1. The molecule has 17 heavy (non-hydrogen) atoms. The highest BCUT2D eigenvalue weighted by Crippen LogP contribution is 2.14. The molecule has 0 aliphatic rings. The van der Waals surface area contributed by atoms with E-state index >= 15 is 0 Å². The third kappa shape index (κ3) is 3.57. The fourth-order valence-electron chi connectivity index (χ4n) is 2.01. The number of furan rings is 1. The molecule has 1 aromatic rings. The lowest BCUT2D eigenvalue weighted by molar-refractivity contribution is -0.127. The van der Waals surface area contributed by atoms with Crippen molar-refractivity contribution in [2.45, 2.75) is 33.4 Å². The van der Waals surface area contributed by atoms with Gasteiger partial charge in [-0.1, -0.05) is 13.8 Å². The average molecular weight is 239 g/mol. The number of carbonyl (C=O) groups excluding carboxylic acids is 1. The standard InChI is InChI=1S/C12H21N3O2/c1-8(2)11(12(16)14-13)15(4)7-10-6-5-9(3)17-10/h5-6,8,11H,7,13H2,1-4H3,(H,14,16). The van der Waals surface area contributed by atoms with E-state index in [2.05, 4.69) is 5.43 Å². The molecule has 5 heteroatoms. The number of hydrogen-bond donors (Lipinski definition) is 2. The summed E-state index contributed by atoms with van der Waals surface area (Å²) < 4.78 is 5.49. The molecule has 0 radical (unpaired) electrons. The summed E-state index contributed by atoms with van der Waals surface area (Å²) >= 11 is 0. The second-order valence-corrected chi connectivity index (χ2v) is 4.62. The SMILES string of the molecule is Cc1ccc(CN(C)C(C(=O)NN)C(C)C)o1. The van der Waals surface area contributed by atoms with Crippen molar-refractivity contribution in [3.8, 4) is 0 Å². The molecule has 0 bridgehead atoms. The molecule has 0 aromatic carbocycles. The molecule has 0 spiro atoms.